The van der Waals surface area contributed by atoms with E-state index in [-0.39, 0.29) is 11.9 Å². The third-order valence-electron chi connectivity index (χ3n) is 2.87. The lowest BCUT2D eigenvalue weighted by Crippen LogP contribution is -2.26. The number of benzene rings is 1. The van der Waals surface area contributed by atoms with Crippen molar-refractivity contribution in [1.29, 1.82) is 0 Å². The van der Waals surface area contributed by atoms with E-state index in [4.69, 9.17) is 17.4 Å². The second kappa shape index (κ2) is 6.36. The first-order valence-electron chi connectivity index (χ1n) is 6.09. The number of aromatic nitrogens is 1. The van der Waals surface area contributed by atoms with E-state index in [1.54, 1.807) is 18.2 Å². The molecular formula is C14H15ClN4O. The van der Waals surface area contributed by atoms with Crippen molar-refractivity contribution in [3.05, 3.63) is 58.7 Å². The summed E-state index contributed by atoms with van der Waals surface area (Å²) >= 11 is 5.93. The Bertz CT molecular complexity index is 600. The van der Waals surface area contributed by atoms with Crippen LogP contribution in [-0.4, -0.2) is 10.9 Å². The molecule has 5 nitrogen and oxygen atoms in total. The topological polar surface area (TPSA) is 80.0 Å². The van der Waals surface area contributed by atoms with Crippen molar-refractivity contribution in [2.24, 2.45) is 5.84 Å². The summed E-state index contributed by atoms with van der Waals surface area (Å²) in [6.07, 6.45) is 1.47. The third-order valence-corrected chi connectivity index (χ3v) is 3.10. The first-order chi connectivity index (χ1) is 9.60. The molecule has 0 aliphatic heterocycles. The number of carbonyl (C=O) groups excluding carboxylic acids is 1. The van der Waals surface area contributed by atoms with Crippen molar-refractivity contribution in [3.8, 4) is 0 Å². The maximum Gasteiger partial charge on any atom is 0.253 e. The highest BCUT2D eigenvalue weighted by molar-refractivity contribution is 6.30. The summed E-state index contributed by atoms with van der Waals surface area (Å²) < 4.78 is 0. The first kappa shape index (κ1) is 14.3. The maximum atomic E-state index is 12.1. The molecule has 0 saturated heterocycles. The van der Waals surface area contributed by atoms with E-state index in [9.17, 15) is 4.79 Å². The first-order valence-corrected chi connectivity index (χ1v) is 6.47. The molecule has 2 rings (SSSR count). The minimum absolute atomic E-state index is 0.145. The van der Waals surface area contributed by atoms with E-state index in [1.165, 1.54) is 6.20 Å². The summed E-state index contributed by atoms with van der Waals surface area (Å²) in [5.41, 5.74) is 3.82. The highest BCUT2D eigenvalue weighted by atomic mass is 35.5. The normalized spacial score (nSPS) is 11.8. The number of halogens is 1. The number of nitrogen functional groups attached to an aromatic ring is 1. The molecule has 0 saturated carbocycles. The van der Waals surface area contributed by atoms with Gasteiger partial charge in [-0.1, -0.05) is 23.7 Å². The van der Waals surface area contributed by atoms with Gasteiger partial charge in [0.25, 0.3) is 5.91 Å². The van der Waals surface area contributed by atoms with Gasteiger partial charge >= 0.3 is 0 Å². The van der Waals surface area contributed by atoms with Gasteiger partial charge in [-0.3, -0.25) is 4.79 Å². The van der Waals surface area contributed by atoms with Gasteiger partial charge in [0.05, 0.1) is 11.6 Å². The summed E-state index contributed by atoms with van der Waals surface area (Å²) in [5, 5.41) is 3.53. The van der Waals surface area contributed by atoms with Crippen molar-refractivity contribution in [1.82, 2.24) is 10.3 Å². The molecule has 2 aromatic rings. The molecule has 1 amide bonds. The SMILES string of the molecule is CC(NC(=O)c1ccc(NN)nc1)c1cccc(Cl)c1. The van der Waals surface area contributed by atoms with Gasteiger partial charge in [0, 0.05) is 11.2 Å². The van der Waals surface area contributed by atoms with Crippen molar-refractivity contribution < 1.29 is 4.79 Å². The number of hydrogen-bond acceptors (Lipinski definition) is 4. The zero-order valence-corrected chi connectivity index (χ0v) is 11.7. The van der Waals surface area contributed by atoms with Crippen molar-refractivity contribution >= 4 is 23.3 Å². The Morgan fingerprint density at radius 3 is 2.75 bits per heavy atom. The van der Waals surface area contributed by atoms with Crippen LogP contribution in [-0.2, 0) is 0 Å². The average Bonchev–Trinajstić information content (AvgIpc) is 2.47. The number of hydrogen-bond donors (Lipinski definition) is 3. The minimum atomic E-state index is -0.200. The van der Waals surface area contributed by atoms with E-state index in [1.807, 2.05) is 25.1 Å². The van der Waals surface area contributed by atoms with Gasteiger partial charge in [0.2, 0.25) is 0 Å². The Kier molecular flexibility index (Phi) is 4.55. The summed E-state index contributed by atoms with van der Waals surface area (Å²) in [6.45, 7) is 1.90. The summed E-state index contributed by atoms with van der Waals surface area (Å²) in [7, 11) is 0. The number of nitrogens with two attached hydrogens (primary N) is 1. The summed E-state index contributed by atoms with van der Waals surface area (Å²) in [6, 6.07) is 10.5. The zero-order chi connectivity index (χ0) is 14.5. The van der Waals surface area contributed by atoms with Gasteiger partial charge in [-0.25, -0.2) is 10.8 Å². The maximum absolute atomic E-state index is 12.1. The Morgan fingerprint density at radius 2 is 2.15 bits per heavy atom. The van der Waals surface area contributed by atoms with Crippen molar-refractivity contribution in [2.75, 3.05) is 5.43 Å². The molecule has 104 valence electrons. The number of anilines is 1. The molecule has 0 bridgehead atoms. The lowest BCUT2D eigenvalue weighted by Gasteiger charge is -2.14. The van der Waals surface area contributed by atoms with E-state index in [2.05, 4.69) is 15.7 Å². The summed E-state index contributed by atoms with van der Waals surface area (Å²) in [5.74, 6) is 5.53. The molecule has 4 N–H and O–H groups in total. The minimum Gasteiger partial charge on any atom is -0.345 e. The molecule has 1 atom stereocenters. The zero-order valence-electron chi connectivity index (χ0n) is 10.9. The standard InChI is InChI=1S/C14H15ClN4O/c1-9(10-3-2-4-12(15)7-10)18-14(20)11-5-6-13(19-16)17-8-11/h2-9H,16H2,1H3,(H,17,19)(H,18,20). The average molecular weight is 291 g/mol. The predicted molar refractivity (Wildman–Crippen MR) is 79.4 cm³/mol. The molecule has 6 heteroatoms. The number of rotatable bonds is 4. The highest BCUT2D eigenvalue weighted by Crippen LogP contribution is 2.17. The van der Waals surface area contributed by atoms with Crippen LogP contribution in [0.4, 0.5) is 5.82 Å². The molecule has 1 unspecified atom stereocenters. The van der Waals surface area contributed by atoms with E-state index >= 15 is 0 Å². The number of nitrogens with one attached hydrogen (secondary N) is 2. The van der Waals surface area contributed by atoms with E-state index < -0.39 is 0 Å². The van der Waals surface area contributed by atoms with Gasteiger partial charge in [-0.05, 0) is 36.8 Å². The van der Waals surface area contributed by atoms with Gasteiger partial charge < -0.3 is 10.7 Å². The lowest BCUT2D eigenvalue weighted by atomic mass is 10.1. The van der Waals surface area contributed by atoms with E-state index in [0.717, 1.165) is 5.56 Å². The summed E-state index contributed by atoms with van der Waals surface area (Å²) in [4.78, 5) is 16.1. The molecule has 1 heterocycles. The van der Waals surface area contributed by atoms with Crippen molar-refractivity contribution in [2.45, 2.75) is 13.0 Å². The fraction of sp³-hybridized carbons (Fsp3) is 0.143. The van der Waals surface area contributed by atoms with Crippen LogP contribution in [0, 0.1) is 0 Å². The van der Waals surface area contributed by atoms with Crippen LogP contribution in [0.1, 0.15) is 28.9 Å². The number of pyridine rings is 1. The fourth-order valence-corrected chi connectivity index (χ4v) is 1.95. The van der Waals surface area contributed by atoms with Crippen LogP contribution in [0.25, 0.3) is 0 Å². The molecule has 0 radical (unpaired) electrons. The Labute approximate surface area is 122 Å². The predicted octanol–water partition coefficient (Wildman–Crippen LogP) is 2.51. The third kappa shape index (κ3) is 3.46. The van der Waals surface area contributed by atoms with Gasteiger partial charge in [-0.15, -0.1) is 0 Å². The second-order valence-electron chi connectivity index (χ2n) is 4.33. The van der Waals surface area contributed by atoms with Crippen LogP contribution >= 0.6 is 11.6 Å². The molecule has 1 aromatic heterocycles. The smallest absolute Gasteiger partial charge is 0.253 e. The number of nitrogens with zero attached hydrogens (tertiary/aromatic N) is 1. The Balaban J connectivity index is 2.06. The molecular weight excluding hydrogens is 276 g/mol. The Hall–Kier alpha value is -2.11. The van der Waals surface area contributed by atoms with Crippen LogP contribution in [0.2, 0.25) is 5.02 Å². The number of hydrazine groups is 1. The van der Waals surface area contributed by atoms with Crippen LogP contribution in [0.3, 0.4) is 0 Å². The Morgan fingerprint density at radius 1 is 1.35 bits per heavy atom. The molecule has 0 spiro atoms. The van der Waals surface area contributed by atoms with Gasteiger partial charge in [0.1, 0.15) is 5.82 Å². The van der Waals surface area contributed by atoms with Crippen LogP contribution in [0.15, 0.2) is 42.6 Å². The fourth-order valence-electron chi connectivity index (χ4n) is 1.75. The van der Waals surface area contributed by atoms with Gasteiger partial charge in [0.15, 0.2) is 0 Å². The number of amides is 1. The quantitative estimate of drug-likeness (QED) is 0.597. The van der Waals surface area contributed by atoms with E-state index in [0.29, 0.717) is 16.4 Å². The van der Waals surface area contributed by atoms with Crippen LogP contribution in [0.5, 0.6) is 0 Å². The molecule has 0 aliphatic rings. The van der Waals surface area contributed by atoms with Crippen molar-refractivity contribution in [3.63, 3.8) is 0 Å². The molecule has 20 heavy (non-hydrogen) atoms. The van der Waals surface area contributed by atoms with Crippen LogP contribution < -0.4 is 16.6 Å². The number of carbonyl (C=O) groups is 1. The molecule has 0 aliphatic carbocycles. The molecule has 0 fully saturated rings. The second-order valence-corrected chi connectivity index (χ2v) is 4.76. The largest absolute Gasteiger partial charge is 0.345 e. The monoisotopic (exact) mass is 290 g/mol. The molecule has 1 aromatic carbocycles. The van der Waals surface area contributed by atoms with Gasteiger partial charge in [-0.2, -0.15) is 0 Å². The lowest BCUT2D eigenvalue weighted by molar-refractivity contribution is 0.0939. The highest BCUT2D eigenvalue weighted by Gasteiger charge is 2.12.